The molecule has 0 radical (unpaired) electrons. The molecule has 1 aromatic rings. The van der Waals surface area contributed by atoms with Crippen LogP contribution in [0.2, 0.25) is 5.02 Å². The predicted molar refractivity (Wildman–Crippen MR) is 79.7 cm³/mol. The number of nitrogens with zero attached hydrogens (tertiary/aromatic N) is 1. The lowest BCUT2D eigenvalue weighted by Crippen LogP contribution is -2.48. The lowest BCUT2D eigenvalue weighted by atomic mass is 9.98. The van der Waals surface area contributed by atoms with Gasteiger partial charge in [-0.15, -0.1) is 0 Å². The monoisotopic (exact) mass is 266 g/mol. The van der Waals surface area contributed by atoms with Crippen molar-refractivity contribution < 1.29 is 0 Å². The highest BCUT2D eigenvalue weighted by Crippen LogP contribution is 2.31. The fourth-order valence-electron chi connectivity index (χ4n) is 2.67. The third kappa shape index (κ3) is 2.81. The first-order chi connectivity index (χ1) is 8.56. The Morgan fingerprint density at radius 3 is 2.89 bits per heavy atom. The highest BCUT2D eigenvalue weighted by atomic mass is 35.5. The molecular weight excluding hydrogens is 244 g/mol. The van der Waals surface area contributed by atoms with E-state index in [-0.39, 0.29) is 5.54 Å². The van der Waals surface area contributed by atoms with Crippen LogP contribution in [0.15, 0.2) is 18.2 Å². The molecular formula is C15H23ClN2. The maximum atomic E-state index is 6.39. The highest BCUT2D eigenvalue weighted by Gasteiger charge is 2.28. The SMILES string of the molecule is CCC1(C)CN(c2c(C)cccc2Cl)CCCN1. The van der Waals surface area contributed by atoms with Gasteiger partial charge in [0.25, 0.3) is 0 Å². The molecule has 0 aliphatic carbocycles. The van der Waals surface area contributed by atoms with E-state index in [0.29, 0.717) is 0 Å². The van der Waals surface area contributed by atoms with Gasteiger partial charge in [-0.1, -0.05) is 30.7 Å². The number of anilines is 1. The summed E-state index contributed by atoms with van der Waals surface area (Å²) in [4.78, 5) is 2.45. The number of nitrogens with one attached hydrogen (secondary N) is 1. The van der Waals surface area contributed by atoms with Gasteiger partial charge < -0.3 is 10.2 Å². The number of aryl methyl sites for hydroxylation is 1. The van der Waals surface area contributed by atoms with E-state index in [2.05, 4.69) is 37.1 Å². The summed E-state index contributed by atoms with van der Waals surface area (Å²) < 4.78 is 0. The van der Waals surface area contributed by atoms with Crippen LogP contribution in [0.3, 0.4) is 0 Å². The Morgan fingerprint density at radius 2 is 2.22 bits per heavy atom. The second-order valence-corrected chi connectivity index (χ2v) is 5.93. The molecule has 1 aliphatic heterocycles. The smallest absolute Gasteiger partial charge is 0.0642 e. The highest BCUT2D eigenvalue weighted by molar-refractivity contribution is 6.33. The van der Waals surface area contributed by atoms with Crippen molar-refractivity contribution in [2.24, 2.45) is 0 Å². The average molecular weight is 267 g/mol. The Balaban J connectivity index is 2.31. The van der Waals surface area contributed by atoms with Crippen molar-refractivity contribution >= 4 is 17.3 Å². The van der Waals surface area contributed by atoms with Gasteiger partial charge in [0.15, 0.2) is 0 Å². The van der Waals surface area contributed by atoms with E-state index in [9.17, 15) is 0 Å². The Kier molecular flexibility index (Phi) is 4.18. The summed E-state index contributed by atoms with van der Waals surface area (Å²) in [5, 5.41) is 4.53. The molecule has 0 bridgehead atoms. The number of benzene rings is 1. The van der Waals surface area contributed by atoms with Crippen molar-refractivity contribution in [3.05, 3.63) is 28.8 Å². The number of hydrogen-bond donors (Lipinski definition) is 1. The normalized spacial score (nSPS) is 25.0. The summed E-state index contributed by atoms with van der Waals surface area (Å²) >= 11 is 6.39. The zero-order chi connectivity index (χ0) is 13.2. The number of rotatable bonds is 2. The van der Waals surface area contributed by atoms with Gasteiger partial charge in [0.1, 0.15) is 0 Å². The van der Waals surface area contributed by atoms with Gasteiger partial charge in [0, 0.05) is 18.6 Å². The van der Waals surface area contributed by atoms with E-state index < -0.39 is 0 Å². The predicted octanol–water partition coefficient (Wildman–Crippen LogP) is 3.62. The number of para-hydroxylation sites is 1. The molecule has 1 unspecified atom stereocenters. The molecule has 1 heterocycles. The quantitative estimate of drug-likeness (QED) is 0.880. The third-order valence-electron chi connectivity index (χ3n) is 3.98. The molecule has 0 aromatic heterocycles. The van der Waals surface area contributed by atoms with Crippen molar-refractivity contribution in [3.63, 3.8) is 0 Å². The van der Waals surface area contributed by atoms with Crippen molar-refractivity contribution in [2.45, 2.75) is 39.2 Å². The molecule has 1 aromatic carbocycles. The molecule has 1 N–H and O–H groups in total. The molecule has 1 atom stereocenters. The fourth-order valence-corrected chi connectivity index (χ4v) is 3.01. The van der Waals surface area contributed by atoms with Crippen LogP contribution in [0, 0.1) is 6.92 Å². The van der Waals surface area contributed by atoms with Crippen LogP contribution in [-0.4, -0.2) is 25.2 Å². The molecule has 1 fully saturated rings. The van der Waals surface area contributed by atoms with Gasteiger partial charge >= 0.3 is 0 Å². The third-order valence-corrected chi connectivity index (χ3v) is 4.29. The fraction of sp³-hybridized carbons (Fsp3) is 0.600. The summed E-state index contributed by atoms with van der Waals surface area (Å²) in [6, 6.07) is 6.16. The number of hydrogen-bond acceptors (Lipinski definition) is 2. The van der Waals surface area contributed by atoms with Gasteiger partial charge in [-0.2, -0.15) is 0 Å². The minimum atomic E-state index is 0.183. The van der Waals surface area contributed by atoms with Crippen LogP contribution >= 0.6 is 11.6 Å². The Bertz CT molecular complexity index is 399. The van der Waals surface area contributed by atoms with Crippen molar-refractivity contribution in [1.82, 2.24) is 5.32 Å². The van der Waals surface area contributed by atoms with Crippen molar-refractivity contribution in [2.75, 3.05) is 24.5 Å². The van der Waals surface area contributed by atoms with Crippen LogP contribution in [0.1, 0.15) is 32.3 Å². The maximum Gasteiger partial charge on any atom is 0.0642 e. The minimum Gasteiger partial charge on any atom is -0.368 e. The van der Waals surface area contributed by atoms with Crippen molar-refractivity contribution in [1.29, 1.82) is 0 Å². The summed E-state index contributed by atoms with van der Waals surface area (Å²) in [6.07, 6.45) is 2.30. The Hall–Kier alpha value is -0.730. The largest absolute Gasteiger partial charge is 0.368 e. The van der Waals surface area contributed by atoms with E-state index in [4.69, 9.17) is 11.6 Å². The summed E-state index contributed by atoms with van der Waals surface area (Å²) in [5.41, 5.74) is 2.66. The first-order valence-electron chi connectivity index (χ1n) is 6.81. The molecule has 2 nitrogen and oxygen atoms in total. The molecule has 0 saturated carbocycles. The molecule has 18 heavy (non-hydrogen) atoms. The van der Waals surface area contributed by atoms with Crippen LogP contribution < -0.4 is 10.2 Å². The minimum absolute atomic E-state index is 0.183. The first kappa shape index (κ1) is 13.7. The summed E-state index contributed by atoms with van der Waals surface area (Å²) in [5.74, 6) is 0. The molecule has 1 saturated heterocycles. The van der Waals surface area contributed by atoms with Gasteiger partial charge in [-0.25, -0.2) is 0 Å². The zero-order valence-corrected chi connectivity index (χ0v) is 12.3. The lowest BCUT2D eigenvalue weighted by molar-refractivity contribution is 0.366. The van der Waals surface area contributed by atoms with Crippen LogP contribution in [-0.2, 0) is 0 Å². The Morgan fingerprint density at radius 1 is 1.44 bits per heavy atom. The van der Waals surface area contributed by atoms with Gasteiger partial charge in [-0.3, -0.25) is 0 Å². The Labute approximate surface area is 115 Å². The lowest BCUT2D eigenvalue weighted by Gasteiger charge is -2.35. The van der Waals surface area contributed by atoms with E-state index in [1.165, 1.54) is 17.7 Å². The van der Waals surface area contributed by atoms with E-state index >= 15 is 0 Å². The van der Waals surface area contributed by atoms with Crippen LogP contribution in [0.5, 0.6) is 0 Å². The standard InChI is InChI=1S/C15H23ClN2/c1-4-15(3)11-18(10-6-9-17-15)14-12(2)7-5-8-13(14)16/h5,7-8,17H,4,6,9-11H2,1-3H3. The average Bonchev–Trinajstić information content (AvgIpc) is 2.52. The van der Waals surface area contributed by atoms with Crippen LogP contribution in [0.4, 0.5) is 5.69 Å². The maximum absolute atomic E-state index is 6.39. The zero-order valence-electron chi connectivity index (χ0n) is 11.6. The molecule has 0 spiro atoms. The van der Waals surface area contributed by atoms with Crippen molar-refractivity contribution in [3.8, 4) is 0 Å². The second-order valence-electron chi connectivity index (χ2n) is 5.52. The molecule has 2 rings (SSSR count). The summed E-state index contributed by atoms with van der Waals surface area (Å²) in [7, 11) is 0. The van der Waals surface area contributed by atoms with Gasteiger partial charge in [0.2, 0.25) is 0 Å². The van der Waals surface area contributed by atoms with Crippen LogP contribution in [0.25, 0.3) is 0 Å². The molecule has 1 aliphatic rings. The second kappa shape index (κ2) is 5.50. The van der Waals surface area contributed by atoms with E-state index in [1.807, 2.05) is 12.1 Å². The van der Waals surface area contributed by atoms with Gasteiger partial charge in [0.05, 0.1) is 10.7 Å². The molecule has 3 heteroatoms. The van der Waals surface area contributed by atoms with Gasteiger partial charge in [-0.05, 0) is 44.9 Å². The van der Waals surface area contributed by atoms with E-state index in [0.717, 1.165) is 31.1 Å². The van der Waals surface area contributed by atoms with E-state index in [1.54, 1.807) is 0 Å². The first-order valence-corrected chi connectivity index (χ1v) is 7.18. The summed E-state index contributed by atoms with van der Waals surface area (Å²) in [6.45, 7) is 9.88. The number of halogens is 1. The molecule has 100 valence electrons. The topological polar surface area (TPSA) is 15.3 Å². The molecule has 0 amide bonds.